The lowest BCUT2D eigenvalue weighted by atomic mass is 9.87. The molecular weight excluding hydrogens is 439 g/mol. The van der Waals surface area contributed by atoms with Crippen molar-refractivity contribution in [1.29, 1.82) is 5.41 Å². The highest BCUT2D eigenvalue weighted by atomic mass is 35.6. The Labute approximate surface area is 176 Å². The van der Waals surface area contributed by atoms with Gasteiger partial charge in [0.05, 0.1) is 0 Å². The summed E-state index contributed by atoms with van der Waals surface area (Å²) in [4.78, 5) is 25.5. The van der Waals surface area contributed by atoms with Crippen LogP contribution in [0, 0.1) is 11.3 Å². The van der Waals surface area contributed by atoms with Gasteiger partial charge in [-0.15, -0.1) is 0 Å². The lowest BCUT2D eigenvalue weighted by molar-refractivity contribution is -0.228. The molecule has 1 saturated heterocycles. The zero-order valence-corrected chi connectivity index (χ0v) is 17.4. The van der Waals surface area contributed by atoms with Gasteiger partial charge in [-0.2, -0.15) is 0 Å². The predicted octanol–water partition coefficient (Wildman–Crippen LogP) is 3.44. The number of alkyl halides is 3. The van der Waals surface area contributed by atoms with E-state index >= 15 is 0 Å². The highest BCUT2D eigenvalue weighted by molar-refractivity contribution is 6.76. The van der Waals surface area contributed by atoms with Crippen molar-refractivity contribution < 1.29 is 28.5 Å². The van der Waals surface area contributed by atoms with E-state index in [0.29, 0.717) is 0 Å². The van der Waals surface area contributed by atoms with Crippen molar-refractivity contribution in [3.63, 3.8) is 0 Å². The van der Waals surface area contributed by atoms with Gasteiger partial charge < -0.3 is 18.9 Å². The molecule has 13 heteroatoms. The summed E-state index contributed by atoms with van der Waals surface area (Å²) in [5.74, 6) is -2.65. The number of azide groups is 1. The van der Waals surface area contributed by atoms with Crippen LogP contribution in [0.15, 0.2) is 17.3 Å². The SMILES string of the molecule is CC=C[C@H]1[C@H](OC(C)=O)[C@@H](N=[N+]=[N-])C(OC(=N)C(Cl)(Cl)Cl)O[C@@H]1COC(C)=O. The van der Waals surface area contributed by atoms with Gasteiger partial charge in [0.25, 0.3) is 3.79 Å². The molecule has 0 radical (unpaired) electrons. The van der Waals surface area contributed by atoms with Gasteiger partial charge in [-0.3, -0.25) is 15.0 Å². The second-order valence-corrected chi connectivity index (χ2v) is 7.94. The molecule has 1 N–H and O–H groups in total. The normalized spacial score (nSPS) is 27.6. The van der Waals surface area contributed by atoms with E-state index in [1.807, 2.05) is 0 Å². The van der Waals surface area contributed by atoms with E-state index < -0.39 is 52.1 Å². The van der Waals surface area contributed by atoms with Crippen LogP contribution in [-0.4, -0.2) is 52.8 Å². The first-order valence-electron chi connectivity index (χ1n) is 7.96. The van der Waals surface area contributed by atoms with Crippen molar-refractivity contribution in [3.8, 4) is 0 Å². The summed E-state index contributed by atoms with van der Waals surface area (Å²) in [6.45, 7) is 3.89. The van der Waals surface area contributed by atoms with Crippen molar-refractivity contribution in [3.05, 3.63) is 22.6 Å². The quantitative estimate of drug-likeness (QED) is 0.0945. The molecular formula is C15H19Cl3N4O6. The number of rotatable bonds is 6. The van der Waals surface area contributed by atoms with Crippen LogP contribution >= 0.6 is 34.8 Å². The minimum absolute atomic E-state index is 0.216. The Morgan fingerprint density at radius 2 is 1.93 bits per heavy atom. The number of nitrogens with one attached hydrogen (secondary N) is 1. The second kappa shape index (κ2) is 10.7. The topological polar surface area (TPSA) is 144 Å². The lowest BCUT2D eigenvalue weighted by Gasteiger charge is -2.43. The van der Waals surface area contributed by atoms with E-state index in [1.165, 1.54) is 13.8 Å². The van der Waals surface area contributed by atoms with Crippen molar-refractivity contribution in [2.75, 3.05) is 6.61 Å². The molecule has 0 aromatic heterocycles. The Morgan fingerprint density at radius 3 is 2.39 bits per heavy atom. The first-order chi connectivity index (χ1) is 13.0. The molecule has 0 spiro atoms. The van der Waals surface area contributed by atoms with Crippen molar-refractivity contribution in [2.24, 2.45) is 11.0 Å². The third-order valence-corrected chi connectivity index (χ3v) is 4.09. The fraction of sp³-hybridized carbons (Fsp3) is 0.667. The highest BCUT2D eigenvalue weighted by Gasteiger charge is 2.49. The first-order valence-corrected chi connectivity index (χ1v) is 9.10. The van der Waals surface area contributed by atoms with Gasteiger partial charge in [-0.25, -0.2) is 0 Å². The molecule has 0 amide bonds. The summed E-state index contributed by atoms with van der Waals surface area (Å²) < 4.78 is 19.1. The maximum Gasteiger partial charge on any atom is 0.302 e. The molecule has 1 aliphatic heterocycles. The second-order valence-electron chi connectivity index (χ2n) is 5.66. The fourth-order valence-electron chi connectivity index (χ4n) is 2.54. The van der Waals surface area contributed by atoms with Gasteiger partial charge in [0.15, 0.2) is 0 Å². The van der Waals surface area contributed by atoms with Crippen LogP contribution in [0.5, 0.6) is 0 Å². The van der Waals surface area contributed by atoms with E-state index in [1.54, 1.807) is 19.1 Å². The molecule has 10 nitrogen and oxygen atoms in total. The van der Waals surface area contributed by atoms with Gasteiger partial charge in [0, 0.05) is 24.7 Å². The number of carbonyl (C=O) groups is 2. The molecule has 1 fully saturated rings. The van der Waals surface area contributed by atoms with Gasteiger partial charge in [-0.05, 0) is 12.5 Å². The van der Waals surface area contributed by atoms with Gasteiger partial charge in [0.1, 0.15) is 24.9 Å². The third-order valence-electron chi connectivity index (χ3n) is 3.58. The molecule has 0 aliphatic carbocycles. The summed E-state index contributed by atoms with van der Waals surface area (Å²) in [5.41, 5.74) is 8.93. The molecule has 156 valence electrons. The van der Waals surface area contributed by atoms with Gasteiger partial charge in [-0.1, -0.05) is 52.1 Å². The summed E-state index contributed by atoms with van der Waals surface area (Å²) in [6, 6.07) is -1.21. The molecule has 1 rings (SSSR count). The Kier molecular flexibility index (Phi) is 9.32. The first kappa shape index (κ1) is 24.3. The third kappa shape index (κ3) is 7.03. The van der Waals surface area contributed by atoms with Crippen LogP contribution in [0.25, 0.3) is 10.4 Å². The summed E-state index contributed by atoms with van der Waals surface area (Å²) in [6.07, 6.45) is -0.0264. The summed E-state index contributed by atoms with van der Waals surface area (Å²) in [5, 5.41) is 11.3. The van der Waals surface area contributed by atoms with E-state index in [0.717, 1.165) is 0 Å². The Morgan fingerprint density at radius 1 is 1.29 bits per heavy atom. The standard InChI is InChI=1S/C15H19Cl3N4O6/c1-4-5-9-10(6-25-7(2)23)27-13(28-14(19)15(16,17)18)11(21-22-20)12(9)26-8(3)24/h4-5,9-13,19H,6H2,1-3H3/t9-,10-,11-,12+,13?/m1/s1. The Bertz CT molecular complexity index is 677. The number of allylic oxidation sites excluding steroid dienone is 1. The average molecular weight is 458 g/mol. The molecule has 0 saturated carbocycles. The zero-order valence-electron chi connectivity index (χ0n) is 15.2. The minimum atomic E-state index is -2.20. The fourth-order valence-corrected chi connectivity index (χ4v) is 2.68. The Balaban J connectivity index is 3.32. The number of hydrogen-bond donors (Lipinski definition) is 1. The maximum atomic E-state index is 11.6. The molecule has 5 atom stereocenters. The number of nitrogens with zero attached hydrogens (tertiary/aromatic N) is 3. The van der Waals surface area contributed by atoms with Crippen molar-refractivity contribution >= 4 is 52.6 Å². The molecule has 1 aliphatic rings. The van der Waals surface area contributed by atoms with E-state index in [2.05, 4.69) is 10.0 Å². The molecule has 1 heterocycles. The average Bonchev–Trinajstić information content (AvgIpc) is 2.57. The molecule has 28 heavy (non-hydrogen) atoms. The van der Waals surface area contributed by atoms with Crippen LogP contribution in [0.2, 0.25) is 0 Å². The van der Waals surface area contributed by atoms with E-state index in [4.69, 9.17) is 64.7 Å². The monoisotopic (exact) mass is 456 g/mol. The van der Waals surface area contributed by atoms with Crippen LogP contribution in [0.4, 0.5) is 0 Å². The predicted molar refractivity (Wildman–Crippen MR) is 101 cm³/mol. The van der Waals surface area contributed by atoms with Gasteiger partial charge in [0.2, 0.25) is 12.2 Å². The van der Waals surface area contributed by atoms with Crippen molar-refractivity contribution in [1.82, 2.24) is 0 Å². The molecule has 0 aromatic carbocycles. The summed E-state index contributed by atoms with van der Waals surface area (Å²) >= 11 is 16.9. The van der Waals surface area contributed by atoms with Crippen LogP contribution in [0.3, 0.4) is 0 Å². The zero-order chi connectivity index (χ0) is 21.5. The maximum absolute atomic E-state index is 11.6. The van der Waals surface area contributed by atoms with Crippen LogP contribution < -0.4 is 0 Å². The van der Waals surface area contributed by atoms with Crippen LogP contribution in [-0.2, 0) is 28.5 Å². The van der Waals surface area contributed by atoms with Crippen LogP contribution in [0.1, 0.15) is 20.8 Å². The lowest BCUT2D eigenvalue weighted by Crippen LogP contribution is -2.57. The molecule has 0 aromatic rings. The summed E-state index contributed by atoms with van der Waals surface area (Å²) in [7, 11) is 0. The number of ether oxygens (including phenoxy) is 4. The highest BCUT2D eigenvalue weighted by Crippen LogP contribution is 2.35. The number of carbonyl (C=O) groups excluding carboxylic acids is 2. The molecule has 1 unspecified atom stereocenters. The largest absolute Gasteiger partial charge is 0.463 e. The number of hydrogen-bond acceptors (Lipinski definition) is 8. The minimum Gasteiger partial charge on any atom is -0.463 e. The van der Waals surface area contributed by atoms with Crippen molar-refractivity contribution in [2.45, 2.75) is 49.1 Å². The molecule has 0 bridgehead atoms. The van der Waals surface area contributed by atoms with E-state index in [-0.39, 0.29) is 6.61 Å². The number of halogens is 3. The van der Waals surface area contributed by atoms with Gasteiger partial charge >= 0.3 is 11.9 Å². The number of esters is 2. The Hall–Kier alpha value is -1.71. The smallest absolute Gasteiger partial charge is 0.302 e. The van der Waals surface area contributed by atoms with E-state index in [9.17, 15) is 9.59 Å².